The van der Waals surface area contributed by atoms with Crippen molar-refractivity contribution in [1.29, 1.82) is 0 Å². The number of hydrogen-bond donors (Lipinski definition) is 11. The lowest BCUT2D eigenvalue weighted by Gasteiger charge is -2.26. The molecule has 1 saturated carbocycles. The van der Waals surface area contributed by atoms with Crippen LogP contribution in [0.3, 0.4) is 0 Å². The van der Waals surface area contributed by atoms with Gasteiger partial charge in [0.1, 0.15) is 6.54 Å². The summed E-state index contributed by atoms with van der Waals surface area (Å²) in [6.07, 6.45) is 20.3. The number of likely N-dealkylation sites (N-methyl/N-ethyl adjacent to an activating group) is 2. The van der Waals surface area contributed by atoms with E-state index in [4.69, 9.17) is 30.8 Å². The molecule has 0 spiro atoms. The number of benzene rings is 2. The molecule has 5 heterocycles. The molecular weight excluding hydrogens is 1340 g/mol. The highest BCUT2D eigenvalue weighted by molar-refractivity contribution is 5.98. The average Bonchev–Trinajstić information content (AvgIpc) is 1.40. The predicted octanol–water partition coefficient (Wildman–Crippen LogP) is 1.75. The number of aryl methyl sites for hydroxylation is 4. The number of nitrogens with two attached hydrogens (primary N) is 1. The normalized spacial score (nSPS) is 13.2. The first kappa shape index (κ1) is 89.5. The van der Waals surface area contributed by atoms with Crippen molar-refractivity contribution >= 4 is 99.0 Å². The molecule has 2 aromatic carbocycles. The maximum absolute atomic E-state index is 13.2. The van der Waals surface area contributed by atoms with E-state index >= 15 is 0 Å². The highest BCUT2D eigenvalue weighted by Gasteiger charge is 2.24. The van der Waals surface area contributed by atoms with E-state index in [1.807, 2.05) is 42.8 Å². The van der Waals surface area contributed by atoms with Gasteiger partial charge in [0.25, 0.3) is 11.8 Å². The van der Waals surface area contributed by atoms with Crippen LogP contribution in [0.5, 0.6) is 0 Å². The first-order chi connectivity index (χ1) is 45.5. The summed E-state index contributed by atoms with van der Waals surface area (Å²) in [5.74, 6) is -1.34. The number of rotatable bonds is 33. The van der Waals surface area contributed by atoms with Crippen molar-refractivity contribution in [3.05, 3.63) is 89.0 Å². The first-order valence-electron chi connectivity index (χ1n) is 34.2. The van der Waals surface area contributed by atoms with Gasteiger partial charge < -0.3 is 91.9 Å². The van der Waals surface area contributed by atoms with Gasteiger partial charge in [-0.15, -0.1) is 24.8 Å². The van der Waals surface area contributed by atoms with Gasteiger partial charge in [0.2, 0.25) is 5.91 Å². The largest absolute Gasteiger partial charge is 1.00 e. The number of nitrogen functional groups attached to an aromatic ring is 1. The lowest BCUT2D eigenvalue weighted by molar-refractivity contribution is -0.871. The van der Waals surface area contributed by atoms with E-state index in [2.05, 4.69) is 98.7 Å². The van der Waals surface area contributed by atoms with Crippen molar-refractivity contribution in [3.63, 3.8) is 0 Å². The summed E-state index contributed by atoms with van der Waals surface area (Å²) >= 11 is 0. The predicted molar refractivity (Wildman–Crippen MR) is 389 cm³/mol. The monoisotopic (exact) mass is 1450 g/mol. The number of carbonyl (C=O) groups is 4. The van der Waals surface area contributed by atoms with E-state index < -0.39 is 5.97 Å². The number of aromatic carboxylic acids is 1. The highest BCUT2D eigenvalue weighted by atomic mass is 35.5. The summed E-state index contributed by atoms with van der Waals surface area (Å²) in [4.78, 5) is 62.1. The molecule has 1 aliphatic heterocycles. The summed E-state index contributed by atoms with van der Waals surface area (Å²) in [6.45, 7) is 19.4. The van der Waals surface area contributed by atoms with Gasteiger partial charge in [0.05, 0.1) is 105 Å². The number of fused-ring (bicyclic) bond motifs is 2. The molecule has 0 bridgehead atoms. The van der Waals surface area contributed by atoms with Crippen LogP contribution >= 0.6 is 24.8 Å². The molecule has 1 aliphatic carbocycles. The number of unbranched alkanes of at least 4 members (excludes halogenated alkanes) is 4. The summed E-state index contributed by atoms with van der Waals surface area (Å²) in [5.41, 5.74) is 15.8. The standard InChI is InChI=1S/C35H53N7O3.C15H23N5O.C12H16N2O4.C7H17N3.4ClH/c1-4-31-29(33(39-27-14-10-9-11-15-27)30-25-37-42(5-2)34(30)40-31)24-36-35(45)26-17-19-28(20-18-26)38-32(44)16-12-7-6-8-13-21-41(3)22-23-43;1-3-12-13(16)14(18-10-5-7-21-8-6-10)11-9-17-20(4-2)15(11)19-12;1-14(6-7-15)8-11(16)13-10-4-2-9(3-5-10)12(17)18;1-4-8-9-6-5-7-10(2)3;;;;/h17-20,25,27,43H,4-16,21-24H2,1-3H3,(H,36,45)(H,38,44)(H,39,40);9-10H,3-8,16H2,1-2H3,(H,18,19);2-5,15H,6-8H2,1H3,(H,13,16)(H,17,18);4-7H2,1-3H3;4*1H. The minimum atomic E-state index is -1.000. The summed E-state index contributed by atoms with van der Waals surface area (Å²) in [6, 6.07) is 13.9. The molecule has 8 rings (SSSR count). The molecule has 1 unspecified atom stereocenters. The number of aliphatic hydroxyl groups excluding tert-OH is 2. The van der Waals surface area contributed by atoms with Gasteiger partial charge in [-0.25, -0.2) is 24.1 Å². The maximum Gasteiger partial charge on any atom is 0.335 e. The molecule has 98 heavy (non-hydrogen) atoms. The summed E-state index contributed by atoms with van der Waals surface area (Å²) < 4.78 is 9.28. The van der Waals surface area contributed by atoms with Crippen molar-refractivity contribution in [2.24, 2.45) is 10.2 Å². The van der Waals surface area contributed by atoms with E-state index in [0.29, 0.717) is 55.1 Å². The maximum atomic E-state index is 13.2. The Morgan fingerprint density at radius 1 is 0.663 bits per heavy atom. The summed E-state index contributed by atoms with van der Waals surface area (Å²) in [5, 5.41) is 61.5. The smallest absolute Gasteiger partial charge is 0.335 e. The van der Waals surface area contributed by atoms with E-state index in [0.717, 1.165) is 184 Å². The Balaban J connectivity index is 0.000000751. The molecule has 2 fully saturated rings. The van der Waals surface area contributed by atoms with E-state index in [1.165, 1.54) is 42.8 Å². The third kappa shape index (κ3) is 30.5. The number of carboxylic acids is 1. The number of amides is 3. The number of carboxylic acid groups (broad SMARTS) is 1. The van der Waals surface area contributed by atoms with Crippen molar-refractivity contribution in [3.8, 4) is 0 Å². The van der Waals surface area contributed by atoms with Gasteiger partial charge in [-0.05, 0) is 134 Å². The zero-order chi connectivity index (χ0) is 68.2. The van der Waals surface area contributed by atoms with Crippen LogP contribution in [-0.4, -0.2) is 186 Å². The third-order valence-corrected chi connectivity index (χ3v) is 16.5. The fraction of sp³-hybridized carbons (Fsp3) is 0.594. The second-order valence-electron chi connectivity index (χ2n) is 24.4. The number of ether oxygens (including phenoxy) is 1. The average molecular weight is 1450 g/mol. The Hall–Kier alpha value is -6.52. The number of carbonyl (C=O) groups excluding carboxylic acids is 3. The second-order valence-corrected chi connectivity index (χ2v) is 24.4. The van der Waals surface area contributed by atoms with Crippen LogP contribution in [0.1, 0.15) is 162 Å². The van der Waals surface area contributed by atoms with Gasteiger partial charge in [0, 0.05) is 92.5 Å². The lowest BCUT2D eigenvalue weighted by Crippen LogP contribution is -3.10. The SMILES string of the molecule is CCN=NCCC[NH+](C)C.CCc1nc2c(cnn2CC)c(NC2CCCCC2)c1CNC(=O)c1ccc(NC(=O)CCCCCCCN(C)CCO)cc1.CCc1nc2c(cnn2CC)c(NC2CCOCC2)c1N.C[NH+](CCO)CC(=O)Nc1ccc(C(=O)O)cc1.Cl.Cl.[Cl-].[Cl-]. The zero-order valence-corrected chi connectivity index (χ0v) is 62.3. The van der Waals surface area contributed by atoms with Crippen LogP contribution in [0.15, 0.2) is 71.2 Å². The number of nitrogens with one attached hydrogen (secondary N) is 7. The molecule has 0 radical (unpaired) electrons. The van der Waals surface area contributed by atoms with Crippen LogP contribution in [0.4, 0.5) is 28.4 Å². The number of quaternary nitrogens is 2. The van der Waals surface area contributed by atoms with Crippen molar-refractivity contribution < 1.29 is 73.8 Å². The zero-order valence-electron chi connectivity index (χ0n) is 59.2. The molecule has 6 aromatic rings. The number of anilines is 5. The van der Waals surface area contributed by atoms with Crippen LogP contribution in [0.25, 0.3) is 22.1 Å². The fourth-order valence-corrected chi connectivity index (χ4v) is 11.2. The second kappa shape index (κ2) is 49.9. The number of pyridine rings is 2. The third-order valence-electron chi connectivity index (χ3n) is 16.5. The molecule has 29 heteroatoms. The quantitative estimate of drug-likeness (QED) is 0.0207. The first-order valence-corrected chi connectivity index (χ1v) is 34.2. The Morgan fingerprint density at radius 2 is 1.20 bits per heavy atom. The van der Waals surface area contributed by atoms with Gasteiger partial charge in [-0.1, -0.05) is 52.4 Å². The van der Waals surface area contributed by atoms with Crippen molar-refractivity contribution in [1.82, 2.24) is 39.7 Å². The molecule has 1 saturated heterocycles. The topological polar surface area (TPSA) is 323 Å². The fourth-order valence-electron chi connectivity index (χ4n) is 11.2. The Morgan fingerprint density at radius 3 is 1.76 bits per heavy atom. The highest BCUT2D eigenvalue weighted by Crippen LogP contribution is 2.34. The number of halogens is 4. The minimum Gasteiger partial charge on any atom is -1.00 e. The summed E-state index contributed by atoms with van der Waals surface area (Å²) in [7, 11) is 8.13. The van der Waals surface area contributed by atoms with Gasteiger partial charge >= 0.3 is 5.97 Å². The van der Waals surface area contributed by atoms with Gasteiger partial charge in [0.15, 0.2) is 17.8 Å². The molecule has 25 nitrogen and oxygen atoms in total. The molecule has 1 atom stereocenters. The molecule has 2 aliphatic rings. The van der Waals surface area contributed by atoms with Crippen LogP contribution in [0, 0.1) is 0 Å². The van der Waals surface area contributed by atoms with Crippen molar-refractivity contribution in [2.45, 2.75) is 169 Å². The van der Waals surface area contributed by atoms with Crippen LogP contribution in [0.2, 0.25) is 0 Å². The van der Waals surface area contributed by atoms with E-state index in [-0.39, 0.29) is 92.7 Å². The molecular formula is C69H113Cl4N17O8. The number of aliphatic hydroxyl groups is 2. The van der Waals surface area contributed by atoms with Gasteiger partial charge in [-0.3, -0.25) is 14.4 Å². The van der Waals surface area contributed by atoms with Gasteiger partial charge in [-0.2, -0.15) is 20.4 Å². The number of hydrogen-bond acceptors (Lipinski definition) is 17. The van der Waals surface area contributed by atoms with Crippen molar-refractivity contribution in [2.75, 3.05) is 127 Å². The number of azo groups is 1. The molecule has 4 aromatic heterocycles. The molecule has 3 amide bonds. The number of aromatic nitrogens is 6. The number of nitrogens with zero attached hydrogens (tertiary/aromatic N) is 9. The lowest BCUT2D eigenvalue weighted by atomic mass is 9.94. The molecule has 550 valence electrons. The van der Waals surface area contributed by atoms with E-state index in [9.17, 15) is 19.2 Å². The van der Waals surface area contributed by atoms with E-state index in [1.54, 1.807) is 36.4 Å². The Bertz CT molecular complexity index is 3260. The minimum absolute atomic E-state index is 0. The van der Waals surface area contributed by atoms with Crippen LogP contribution < -0.4 is 66.9 Å². The van der Waals surface area contributed by atoms with Crippen LogP contribution in [-0.2, 0) is 46.8 Å². The molecule has 12 N–H and O–H groups in total. The Kier molecular flexibility index (Phi) is 45.6. The Labute approximate surface area is 605 Å².